The van der Waals surface area contributed by atoms with Crippen molar-refractivity contribution in [3.63, 3.8) is 0 Å². The highest BCUT2D eigenvalue weighted by Gasteiger charge is 2.38. The number of hydrogen-bond donors (Lipinski definition) is 3. The highest BCUT2D eigenvalue weighted by molar-refractivity contribution is 5.35. The van der Waals surface area contributed by atoms with E-state index in [0.29, 0.717) is 5.56 Å². The van der Waals surface area contributed by atoms with Crippen LogP contribution in [-0.4, -0.2) is 59.6 Å². The number of hydrogen-bond acceptors (Lipinski definition) is 4. The molecular weight excluding hydrogens is 424 g/mol. The Hall–Kier alpha value is -2.08. The minimum atomic E-state index is -0.140. The molecule has 3 saturated heterocycles. The predicted molar refractivity (Wildman–Crippen MR) is 137 cm³/mol. The third kappa shape index (κ3) is 6.74. The number of quaternary nitrogens is 1. The van der Waals surface area contributed by atoms with Crippen LogP contribution in [0.5, 0.6) is 11.5 Å². The second-order valence-electron chi connectivity index (χ2n) is 11.2. The number of piperidine rings is 3. The van der Waals surface area contributed by atoms with Crippen LogP contribution in [0.2, 0.25) is 0 Å². The third-order valence-corrected chi connectivity index (χ3v) is 7.98. The van der Waals surface area contributed by atoms with Crippen LogP contribution < -0.4 is 10.1 Å². The topological polar surface area (TPSA) is 61.7 Å². The average Bonchev–Trinajstić information content (AvgIpc) is 2.85. The molecule has 186 valence electrons. The fourth-order valence-corrected chi connectivity index (χ4v) is 5.81. The molecule has 2 bridgehead atoms. The third-order valence-electron chi connectivity index (χ3n) is 7.98. The highest BCUT2D eigenvalue weighted by Crippen LogP contribution is 2.33. The van der Waals surface area contributed by atoms with Crippen molar-refractivity contribution in [1.82, 2.24) is 5.32 Å². The van der Waals surface area contributed by atoms with Gasteiger partial charge in [0.05, 0.1) is 39.4 Å². The zero-order valence-corrected chi connectivity index (χ0v) is 21.1. The summed E-state index contributed by atoms with van der Waals surface area (Å²) >= 11 is 0. The van der Waals surface area contributed by atoms with Crippen LogP contribution in [0.25, 0.3) is 0 Å². The van der Waals surface area contributed by atoms with Crippen LogP contribution in [0.3, 0.4) is 0 Å². The molecule has 0 spiro atoms. The Labute approximate surface area is 205 Å². The molecule has 3 aliphatic heterocycles. The quantitative estimate of drug-likeness (QED) is 0.319. The summed E-state index contributed by atoms with van der Waals surface area (Å²) in [5, 5.41) is 22.7. The van der Waals surface area contributed by atoms with Gasteiger partial charge in [-0.25, -0.2) is 0 Å². The highest BCUT2D eigenvalue weighted by atomic mass is 16.5. The number of aliphatic hydroxyl groups excluding tert-OH is 1. The molecule has 3 aliphatic rings. The van der Waals surface area contributed by atoms with E-state index in [1.165, 1.54) is 55.5 Å². The standard InChI is InChI=1S/C29H42N2O3/c1-29(2,30-14-10-24-6-9-28(33)26(20-24)22-32)21-25-4-7-27(8-5-25)34-19-3-15-31-16-11-23(12-17-31)13-18-31/h4-9,20,23,30,32H,3,10-19,21-22H2,1-2H3/p+1. The molecule has 5 rings (SSSR count). The van der Waals surface area contributed by atoms with Crippen molar-refractivity contribution < 1.29 is 19.4 Å². The maximum Gasteiger partial charge on any atom is 0.121 e. The van der Waals surface area contributed by atoms with Crippen molar-refractivity contribution in [3.8, 4) is 11.5 Å². The minimum absolute atomic E-state index is 0.0324. The van der Waals surface area contributed by atoms with E-state index >= 15 is 0 Å². The van der Waals surface area contributed by atoms with E-state index in [4.69, 9.17) is 4.74 Å². The van der Waals surface area contributed by atoms with E-state index in [1.54, 1.807) is 6.07 Å². The van der Waals surface area contributed by atoms with Crippen molar-refractivity contribution in [2.75, 3.05) is 39.3 Å². The molecule has 0 saturated carbocycles. The summed E-state index contributed by atoms with van der Waals surface area (Å²) in [6, 6.07) is 14.0. The molecule has 3 N–H and O–H groups in total. The van der Waals surface area contributed by atoms with Gasteiger partial charge in [0.2, 0.25) is 0 Å². The number of nitrogens with zero attached hydrogens (tertiary/aromatic N) is 1. The first-order chi connectivity index (χ1) is 16.4. The molecule has 0 radical (unpaired) electrons. The lowest BCUT2D eigenvalue weighted by atomic mass is 9.85. The number of benzene rings is 2. The van der Waals surface area contributed by atoms with Crippen LogP contribution in [0.4, 0.5) is 0 Å². The lowest BCUT2D eigenvalue weighted by Crippen LogP contribution is -2.58. The molecule has 0 amide bonds. The van der Waals surface area contributed by atoms with Crippen LogP contribution in [0, 0.1) is 5.92 Å². The summed E-state index contributed by atoms with van der Waals surface area (Å²) in [4.78, 5) is 0. The first-order valence-electron chi connectivity index (χ1n) is 13.1. The number of nitrogens with one attached hydrogen (secondary N) is 1. The molecule has 0 atom stereocenters. The van der Waals surface area contributed by atoms with Gasteiger partial charge in [0, 0.05) is 17.5 Å². The van der Waals surface area contributed by atoms with Gasteiger partial charge >= 0.3 is 0 Å². The summed E-state index contributed by atoms with van der Waals surface area (Å²) in [7, 11) is 0. The first kappa shape index (κ1) is 25.0. The molecule has 2 aromatic carbocycles. The van der Waals surface area contributed by atoms with Crippen molar-refractivity contribution >= 4 is 0 Å². The van der Waals surface area contributed by atoms with Crippen LogP contribution in [0.1, 0.15) is 56.2 Å². The summed E-state index contributed by atoms with van der Waals surface area (Å²) in [6.07, 6.45) is 7.25. The van der Waals surface area contributed by atoms with E-state index in [2.05, 4.69) is 43.4 Å². The molecule has 3 heterocycles. The maximum atomic E-state index is 9.72. The van der Waals surface area contributed by atoms with Gasteiger partial charge in [0.15, 0.2) is 0 Å². The van der Waals surface area contributed by atoms with Crippen molar-refractivity contribution in [2.24, 2.45) is 5.92 Å². The normalized spacial score (nSPS) is 22.1. The molecule has 5 nitrogen and oxygen atoms in total. The number of fused-ring (bicyclic) bond motifs is 3. The Morgan fingerprint density at radius 2 is 1.68 bits per heavy atom. The summed E-state index contributed by atoms with van der Waals surface area (Å²) < 4.78 is 7.41. The van der Waals surface area contributed by atoms with Crippen molar-refractivity contribution in [3.05, 3.63) is 59.2 Å². The molecule has 3 fully saturated rings. The van der Waals surface area contributed by atoms with Gasteiger partial charge in [-0.1, -0.05) is 18.2 Å². The average molecular weight is 468 g/mol. The van der Waals surface area contributed by atoms with Gasteiger partial charge in [0.1, 0.15) is 11.5 Å². The fraction of sp³-hybridized carbons (Fsp3) is 0.586. The van der Waals surface area contributed by atoms with Crippen LogP contribution >= 0.6 is 0 Å². The lowest BCUT2D eigenvalue weighted by Gasteiger charge is -2.49. The second kappa shape index (κ2) is 11.1. The Balaban J connectivity index is 1.17. The SMILES string of the molecule is CC(C)(Cc1ccc(OCCC[N+]23CCC(CC2)CC3)cc1)NCCc1ccc(O)c(CO)c1. The minimum Gasteiger partial charge on any atom is -0.508 e. The lowest BCUT2D eigenvalue weighted by molar-refractivity contribution is -0.942. The van der Waals surface area contributed by atoms with E-state index in [9.17, 15) is 10.2 Å². The van der Waals surface area contributed by atoms with Crippen molar-refractivity contribution in [2.45, 2.75) is 64.5 Å². The fourth-order valence-electron chi connectivity index (χ4n) is 5.81. The maximum absolute atomic E-state index is 9.72. The van der Waals surface area contributed by atoms with E-state index in [0.717, 1.165) is 49.6 Å². The molecule has 2 aromatic rings. The van der Waals surface area contributed by atoms with Crippen LogP contribution in [0.15, 0.2) is 42.5 Å². The zero-order chi connectivity index (χ0) is 24.0. The second-order valence-corrected chi connectivity index (χ2v) is 11.2. The van der Waals surface area contributed by atoms with Gasteiger partial charge < -0.3 is 24.7 Å². The molecular formula is C29H43N2O3+. The smallest absolute Gasteiger partial charge is 0.121 e. The number of aromatic hydroxyl groups is 1. The monoisotopic (exact) mass is 467 g/mol. The molecule has 0 unspecified atom stereocenters. The van der Waals surface area contributed by atoms with Gasteiger partial charge in [-0.05, 0) is 93.8 Å². The number of phenols is 1. The van der Waals surface area contributed by atoms with E-state index in [1.807, 2.05) is 12.1 Å². The largest absolute Gasteiger partial charge is 0.508 e. The first-order valence-corrected chi connectivity index (χ1v) is 13.1. The summed E-state index contributed by atoms with van der Waals surface area (Å²) in [5.74, 6) is 2.15. The Bertz CT molecular complexity index is 904. The van der Waals surface area contributed by atoms with Crippen LogP contribution in [-0.2, 0) is 19.4 Å². The molecule has 0 aliphatic carbocycles. The summed E-state index contributed by atoms with van der Waals surface area (Å²) in [5.41, 5.74) is 2.96. The predicted octanol–water partition coefficient (Wildman–Crippen LogP) is 4.44. The van der Waals surface area contributed by atoms with E-state index in [-0.39, 0.29) is 17.9 Å². The zero-order valence-electron chi connectivity index (χ0n) is 21.1. The Kier molecular flexibility index (Phi) is 8.18. The number of rotatable bonds is 12. The van der Waals surface area contributed by atoms with Gasteiger partial charge in [-0.2, -0.15) is 0 Å². The van der Waals surface area contributed by atoms with E-state index < -0.39 is 0 Å². The molecule has 34 heavy (non-hydrogen) atoms. The summed E-state index contributed by atoms with van der Waals surface area (Å²) in [6.45, 7) is 11.4. The van der Waals surface area contributed by atoms with Gasteiger partial charge in [-0.3, -0.25) is 0 Å². The number of ether oxygens (including phenoxy) is 1. The Morgan fingerprint density at radius 1 is 1.00 bits per heavy atom. The Morgan fingerprint density at radius 3 is 2.35 bits per heavy atom. The van der Waals surface area contributed by atoms with Gasteiger partial charge in [0.25, 0.3) is 0 Å². The molecule has 5 heteroatoms. The van der Waals surface area contributed by atoms with Crippen molar-refractivity contribution in [1.29, 1.82) is 0 Å². The number of aliphatic hydroxyl groups is 1. The van der Waals surface area contributed by atoms with Gasteiger partial charge in [-0.15, -0.1) is 0 Å². The molecule has 0 aromatic heterocycles.